The summed E-state index contributed by atoms with van der Waals surface area (Å²) >= 11 is 0. The minimum atomic E-state index is -0.358. The maximum Gasteiger partial charge on any atom is 0.233 e. The number of carbonyl (C=O) groups is 2. The lowest BCUT2D eigenvalue weighted by atomic mass is 10.1. The third-order valence-electron chi connectivity index (χ3n) is 4.14. The minimum Gasteiger partial charge on any atom is -0.395 e. The highest BCUT2D eigenvalue weighted by atomic mass is 16.3. The van der Waals surface area contributed by atoms with Crippen molar-refractivity contribution in [2.45, 2.75) is 20.3 Å². The lowest BCUT2D eigenvalue weighted by Gasteiger charge is -2.20. The third kappa shape index (κ3) is 6.72. The third-order valence-corrected chi connectivity index (χ3v) is 4.14. The van der Waals surface area contributed by atoms with Crippen molar-refractivity contribution in [3.63, 3.8) is 0 Å². The SMILES string of the molecule is Cc1ccc(C)c(NC(=O)CC(=O)N(C/C=C/c2ccccc2)CCO)c1. The number of carbonyl (C=O) groups excluding carboxylic acids is 2. The fourth-order valence-corrected chi connectivity index (χ4v) is 2.63. The molecule has 5 heteroatoms. The Bertz CT molecular complexity index is 800. The maximum absolute atomic E-state index is 12.4. The molecule has 2 aromatic rings. The van der Waals surface area contributed by atoms with Gasteiger partial charge in [-0.3, -0.25) is 9.59 Å². The molecular weight excluding hydrogens is 340 g/mol. The summed E-state index contributed by atoms with van der Waals surface area (Å²) in [7, 11) is 0. The van der Waals surface area contributed by atoms with Gasteiger partial charge in [-0.25, -0.2) is 0 Å². The quantitative estimate of drug-likeness (QED) is 0.705. The zero-order chi connectivity index (χ0) is 19.6. The average molecular weight is 366 g/mol. The van der Waals surface area contributed by atoms with Crippen LogP contribution in [0.1, 0.15) is 23.1 Å². The number of nitrogens with one attached hydrogen (secondary N) is 1. The number of nitrogens with zero attached hydrogens (tertiary/aromatic N) is 1. The molecule has 0 aliphatic rings. The molecule has 0 radical (unpaired) electrons. The van der Waals surface area contributed by atoms with E-state index in [2.05, 4.69) is 5.32 Å². The molecule has 0 aliphatic carbocycles. The zero-order valence-electron chi connectivity index (χ0n) is 15.8. The first-order chi connectivity index (χ1) is 13.0. The van der Waals surface area contributed by atoms with E-state index < -0.39 is 0 Å². The van der Waals surface area contributed by atoms with E-state index in [1.54, 1.807) is 0 Å². The van der Waals surface area contributed by atoms with Crippen LogP contribution in [-0.4, -0.2) is 41.5 Å². The number of rotatable bonds is 8. The molecule has 0 aliphatic heterocycles. The summed E-state index contributed by atoms with van der Waals surface area (Å²) in [5.74, 6) is -0.673. The van der Waals surface area contributed by atoms with Crippen molar-refractivity contribution in [1.29, 1.82) is 0 Å². The van der Waals surface area contributed by atoms with Gasteiger partial charge >= 0.3 is 0 Å². The Morgan fingerprint density at radius 1 is 1.11 bits per heavy atom. The Hall–Kier alpha value is -2.92. The van der Waals surface area contributed by atoms with Crippen LogP contribution < -0.4 is 5.32 Å². The predicted octanol–water partition coefficient (Wildman–Crippen LogP) is 3.17. The van der Waals surface area contributed by atoms with Gasteiger partial charge in [-0.15, -0.1) is 0 Å². The van der Waals surface area contributed by atoms with Crippen LogP contribution in [0.2, 0.25) is 0 Å². The average Bonchev–Trinajstić information content (AvgIpc) is 2.64. The van der Waals surface area contributed by atoms with Gasteiger partial charge in [0.15, 0.2) is 0 Å². The zero-order valence-corrected chi connectivity index (χ0v) is 15.8. The Labute approximate surface area is 160 Å². The van der Waals surface area contributed by atoms with Crippen molar-refractivity contribution in [2.24, 2.45) is 0 Å². The van der Waals surface area contributed by atoms with Gasteiger partial charge in [0.25, 0.3) is 0 Å². The summed E-state index contributed by atoms with van der Waals surface area (Å²) in [5, 5.41) is 12.0. The molecule has 0 heterocycles. The smallest absolute Gasteiger partial charge is 0.233 e. The Morgan fingerprint density at radius 2 is 1.85 bits per heavy atom. The maximum atomic E-state index is 12.4. The van der Waals surface area contributed by atoms with Gasteiger partial charge < -0.3 is 15.3 Å². The highest BCUT2D eigenvalue weighted by Crippen LogP contribution is 2.16. The molecule has 2 rings (SSSR count). The Kier molecular flexibility index (Phi) is 7.77. The van der Waals surface area contributed by atoms with Crippen LogP contribution in [0, 0.1) is 13.8 Å². The number of aliphatic hydroxyl groups is 1. The lowest BCUT2D eigenvalue weighted by molar-refractivity contribution is -0.134. The molecular formula is C22H26N2O3. The summed E-state index contributed by atoms with van der Waals surface area (Å²) in [6.45, 7) is 4.23. The number of hydrogen-bond donors (Lipinski definition) is 2. The second-order valence-electron chi connectivity index (χ2n) is 6.42. The first kappa shape index (κ1) is 20.4. The van der Waals surface area contributed by atoms with E-state index in [0.29, 0.717) is 12.2 Å². The number of amides is 2. The molecule has 0 fully saturated rings. The number of aryl methyl sites for hydroxylation is 2. The first-order valence-corrected chi connectivity index (χ1v) is 8.97. The molecule has 0 saturated heterocycles. The van der Waals surface area contributed by atoms with Crippen LogP contribution in [0.15, 0.2) is 54.6 Å². The molecule has 0 atom stereocenters. The van der Waals surface area contributed by atoms with Gasteiger partial charge in [-0.2, -0.15) is 0 Å². The second kappa shape index (κ2) is 10.3. The summed E-state index contributed by atoms with van der Waals surface area (Å²) in [4.78, 5) is 26.2. The number of anilines is 1. The van der Waals surface area contributed by atoms with Gasteiger partial charge in [-0.05, 0) is 36.6 Å². The molecule has 0 saturated carbocycles. The Balaban J connectivity index is 1.94. The van der Waals surface area contributed by atoms with E-state index in [1.165, 1.54) is 4.90 Å². The molecule has 0 aromatic heterocycles. The predicted molar refractivity (Wildman–Crippen MR) is 108 cm³/mol. The number of aliphatic hydroxyl groups excluding tert-OH is 1. The van der Waals surface area contributed by atoms with Gasteiger partial charge in [0.05, 0.1) is 6.61 Å². The van der Waals surface area contributed by atoms with Crippen molar-refractivity contribution in [1.82, 2.24) is 4.90 Å². The Morgan fingerprint density at radius 3 is 2.56 bits per heavy atom. The van der Waals surface area contributed by atoms with Crippen LogP contribution in [-0.2, 0) is 9.59 Å². The molecule has 0 spiro atoms. The molecule has 0 bridgehead atoms. The lowest BCUT2D eigenvalue weighted by Crippen LogP contribution is -2.36. The van der Waals surface area contributed by atoms with Crippen molar-refractivity contribution in [3.05, 3.63) is 71.3 Å². The fraction of sp³-hybridized carbons (Fsp3) is 0.273. The van der Waals surface area contributed by atoms with E-state index in [9.17, 15) is 14.7 Å². The fourth-order valence-electron chi connectivity index (χ4n) is 2.63. The van der Waals surface area contributed by atoms with E-state index in [-0.39, 0.29) is 31.4 Å². The first-order valence-electron chi connectivity index (χ1n) is 8.97. The highest BCUT2D eigenvalue weighted by molar-refractivity contribution is 6.03. The molecule has 142 valence electrons. The highest BCUT2D eigenvalue weighted by Gasteiger charge is 2.16. The number of hydrogen-bond acceptors (Lipinski definition) is 3. The van der Waals surface area contributed by atoms with Crippen LogP contribution in [0.25, 0.3) is 6.08 Å². The van der Waals surface area contributed by atoms with E-state index in [4.69, 9.17) is 0 Å². The van der Waals surface area contributed by atoms with E-state index in [0.717, 1.165) is 16.7 Å². The monoisotopic (exact) mass is 366 g/mol. The molecule has 27 heavy (non-hydrogen) atoms. The van der Waals surface area contributed by atoms with E-state index >= 15 is 0 Å². The van der Waals surface area contributed by atoms with Gasteiger partial charge in [-0.1, -0.05) is 54.6 Å². The standard InChI is InChI=1S/C22H26N2O3/c1-17-10-11-18(2)20(15-17)23-21(26)16-22(27)24(13-14-25)12-6-9-19-7-4-3-5-8-19/h3-11,15,25H,12-14,16H2,1-2H3,(H,23,26)/b9-6+. The van der Waals surface area contributed by atoms with Crippen molar-refractivity contribution in [2.75, 3.05) is 25.0 Å². The van der Waals surface area contributed by atoms with Crippen LogP contribution in [0.3, 0.4) is 0 Å². The van der Waals surface area contributed by atoms with Crippen molar-refractivity contribution in [3.8, 4) is 0 Å². The summed E-state index contributed by atoms with van der Waals surface area (Å²) in [6, 6.07) is 15.5. The van der Waals surface area contributed by atoms with Crippen molar-refractivity contribution >= 4 is 23.6 Å². The van der Waals surface area contributed by atoms with Crippen LogP contribution >= 0.6 is 0 Å². The molecule has 2 aromatic carbocycles. The molecule has 2 amide bonds. The normalized spacial score (nSPS) is 10.8. The van der Waals surface area contributed by atoms with Gasteiger partial charge in [0.2, 0.25) is 11.8 Å². The second-order valence-corrected chi connectivity index (χ2v) is 6.42. The molecule has 0 unspecified atom stereocenters. The number of benzene rings is 2. The summed E-state index contributed by atoms with van der Waals surface area (Å²) in [5.41, 5.74) is 3.72. The molecule has 2 N–H and O–H groups in total. The van der Waals surface area contributed by atoms with Crippen molar-refractivity contribution < 1.29 is 14.7 Å². The summed E-state index contributed by atoms with van der Waals surface area (Å²) in [6.07, 6.45) is 3.51. The van der Waals surface area contributed by atoms with Crippen LogP contribution in [0.4, 0.5) is 5.69 Å². The van der Waals surface area contributed by atoms with Crippen LogP contribution in [0.5, 0.6) is 0 Å². The van der Waals surface area contributed by atoms with Gasteiger partial charge in [0, 0.05) is 18.8 Å². The van der Waals surface area contributed by atoms with E-state index in [1.807, 2.05) is 74.5 Å². The molecule has 5 nitrogen and oxygen atoms in total. The topological polar surface area (TPSA) is 69.6 Å². The minimum absolute atomic E-state index is 0.149. The largest absolute Gasteiger partial charge is 0.395 e. The summed E-state index contributed by atoms with van der Waals surface area (Å²) < 4.78 is 0. The van der Waals surface area contributed by atoms with Gasteiger partial charge in [0.1, 0.15) is 6.42 Å².